The van der Waals surface area contributed by atoms with E-state index in [1.165, 1.54) is 7.11 Å². The highest BCUT2D eigenvalue weighted by Gasteiger charge is 2.26. The molecule has 3 aromatic carbocycles. The van der Waals surface area contributed by atoms with Crippen LogP contribution in [0.5, 0.6) is 5.75 Å². The summed E-state index contributed by atoms with van der Waals surface area (Å²) in [6.07, 6.45) is 3.52. The molecule has 1 aromatic heterocycles. The summed E-state index contributed by atoms with van der Waals surface area (Å²) in [6.45, 7) is 5.95. The predicted octanol–water partition coefficient (Wildman–Crippen LogP) is 4.45. The normalized spacial score (nSPS) is 12.0. The molecule has 0 spiro atoms. The quantitative estimate of drug-likeness (QED) is 0.472. The number of benzene rings is 3. The van der Waals surface area contributed by atoms with E-state index in [-0.39, 0.29) is 21.6 Å². The smallest absolute Gasteiger partial charge is 0.268 e. The van der Waals surface area contributed by atoms with Gasteiger partial charge in [-0.2, -0.15) is 5.10 Å². The van der Waals surface area contributed by atoms with Crippen LogP contribution in [-0.2, 0) is 15.4 Å². The molecule has 1 N–H and O–H groups in total. The highest BCUT2D eigenvalue weighted by atomic mass is 32.2. The number of sulfonamides is 1. The van der Waals surface area contributed by atoms with Crippen LogP contribution in [0, 0.1) is 0 Å². The molecule has 1 amide bonds. The van der Waals surface area contributed by atoms with Gasteiger partial charge in [-0.25, -0.2) is 17.8 Å². The van der Waals surface area contributed by atoms with Gasteiger partial charge in [0, 0.05) is 23.3 Å². The molecule has 0 aliphatic carbocycles. The van der Waals surface area contributed by atoms with Crippen molar-refractivity contribution in [3.63, 3.8) is 0 Å². The van der Waals surface area contributed by atoms with Crippen LogP contribution >= 0.6 is 0 Å². The molecule has 0 saturated heterocycles. The molecule has 33 heavy (non-hydrogen) atoms. The fourth-order valence-corrected chi connectivity index (χ4v) is 4.78. The molecule has 0 saturated carbocycles. The minimum absolute atomic E-state index is 0.0764. The van der Waals surface area contributed by atoms with Gasteiger partial charge in [-0.15, -0.1) is 0 Å². The van der Waals surface area contributed by atoms with Crippen LogP contribution in [0.3, 0.4) is 0 Å². The SMILES string of the molecule is COc1ccc(C(C)(C)C)cc1S(=O)(=O)NC(=O)c1ccc2c(-n3cccn3)cccc2c1. The number of rotatable bonds is 5. The summed E-state index contributed by atoms with van der Waals surface area (Å²) in [4.78, 5) is 12.8. The molecule has 0 unspecified atom stereocenters. The van der Waals surface area contributed by atoms with Crippen molar-refractivity contribution in [2.45, 2.75) is 31.1 Å². The average Bonchev–Trinajstić information content (AvgIpc) is 3.31. The number of fused-ring (bicyclic) bond motifs is 1. The number of hydrogen-bond acceptors (Lipinski definition) is 5. The Balaban J connectivity index is 1.68. The topological polar surface area (TPSA) is 90.3 Å². The standard InChI is InChI=1S/C25H25N3O4S/c1-25(2,3)19-10-12-22(32-4)23(16-19)33(30,31)27-24(29)18-9-11-20-17(15-18)7-5-8-21(20)28-14-6-13-26-28/h5-16H,1-4H3,(H,27,29). The van der Waals surface area contributed by atoms with Gasteiger partial charge in [-0.05, 0) is 52.8 Å². The Labute approximate surface area is 193 Å². The maximum absolute atomic E-state index is 13.1. The van der Waals surface area contributed by atoms with E-state index in [0.29, 0.717) is 0 Å². The van der Waals surface area contributed by atoms with Crippen LogP contribution < -0.4 is 9.46 Å². The summed E-state index contributed by atoms with van der Waals surface area (Å²) in [7, 11) is -2.77. The summed E-state index contributed by atoms with van der Waals surface area (Å²) in [6, 6.07) is 17.5. The molecule has 0 atom stereocenters. The lowest BCUT2D eigenvalue weighted by atomic mass is 9.87. The molecule has 0 aliphatic heterocycles. The Bertz CT molecular complexity index is 1440. The monoisotopic (exact) mass is 463 g/mol. The third-order valence-electron chi connectivity index (χ3n) is 5.42. The number of carbonyl (C=O) groups excluding carboxylic acids is 1. The Morgan fingerprint density at radius 2 is 1.82 bits per heavy atom. The van der Waals surface area contributed by atoms with Gasteiger partial charge in [-0.3, -0.25) is 4.79 Å². The largest absolute Gasteiger partial charge is 0.495 e. The fourth-order valence-electron chi connectivity index (χ4n) is 3.61. The maximum Gasteiger partial charge on any atom is 0.268 e. The van der Waals surface area contributed by atoms with Crippen molar-refractivity contribution in [2.75, 3.05) is 7.11 Å². The Hall–Kier alpha value is -3.65. The summed E-state index contributed by atoms with van der Waals surface area (Å²) < 4.78 is 35.4. The average molecular weight is 464 g/mol. The van der Waals surface area contributed by atoms with Gasteiger partial charge in [0.15, 0.2) is 0 Å². The van der Waals surface area contributed by atoms with E-state index in [4.69, 9.17) is 4.74 Å². The van der Waals surface area contributed by atoms with Crippen LogP contribution in [0.4, 0.5) is 0 Å². The van der Waals surface area contributed by atoms with Crippen LogP contribution in [-0.4, -0.2) is 31.2 Å². The number of amides is 1. The second kappa shape index (κ2) is 8.37. The second-order valence-corrected chi connectivity index (χ2v) is 10.4. The van der Waals surface area contributed by atoms with E-state index in [1.54, 1.807) is 41.2 Å². The van der Waals surface area contributed by atoms with E-state index in [1.807, 2.05) is 57.3 Å². The first kappa shape index (κ1) is 22.5. The van der Waals surface area contributed by atoms with Crippen LogP contribution in [0.1, 0.15) is 36.7 Å². The Morgan fingerprint density at radius 3 is 2.48 bits per heavy atom. The van der Waals surface area contributed by atoms with Crippen LogP contribution in [0.25, 0.3) is 16.5 Å². The molecule has 7 nitrogen and oxygen atoms in total. The van der Waals surface area contributed by atoms with Gasteiger partial charge in [0.25, 0.3) is 15.9 Å². The molecular formula is C25H25N3O4S. The van der Waals surface area contributed by atoms with Crippen molar-refractivity contribution in [2.24, 2.45) is 0 Å². The molecule has 0 fully saturated rings. The molecule has 4 rings (SSSR count). The number of nitrogens with one attached hydrogen (secondary N) is 1. The number of carbonyl (C=O) groups is 1. The van der Waals surface area contributed by atoms with Crippen molar-refractivity contribution >= 4 is 26.7 Å². The third kappa shape index (κ3) is 4.47. The van der Waals surface area contributed by atoms with E-state index < -0.39 is 15.9 Å². The molecule has 0 bridgehead atoms. The minimum atomic E-state index is -4.17. The number of ether oxygens (including phenoxy) is 1. The highest BCUT2D eigenvalue weighted by molar-refractivity contribution is 7.90. The Kier molecular flexibility index (Phi) is 5.71. The van der Waals surface area contributed by atoms with Crippen LogP contribution in [0.2, 0.25) is 0 Å². The zero-order valence-electron chi connectivity index (χ0n) is 18.9. The number of hydrogen-bond donors (Lipinski definition) is 1. The van der Waals surface area contributed by atoms with E-state index in [9.17, 15) is 13.2 Å². The lowest BCUT2D eigenvalue weighted by Gasteiger charge is -2.21. The zero-order chi connectivity index (χ0) is 23.8. The van der Waals surface area contributed by atoms with Crippen molar-refractivity contribution in [3.05, 3.63) is 84.2 Å². The van der Waals surface area contributed by atoms with Crippen molar-refractivity contribution < 1.29 is 17.9 Å². The minimum Gasteiger partial charge on any atom is -0.495 e. The zero-order valence-corrected chi connectivity index (χ0v) is 19.7. The first-order chi connectivity index (χ1) is 15.6. The third-order valence-corrected chi connectivity index (χ3v) is 6.77. The first-order valence-electron chi connectivity index (χ1n) is 10.4. The number of methoxy groups -OCH3 is 1. The molecule has 170 valence electrons. The summed E-state index contributed by atoms with van der Waals surface area (Å²) in [5.74, 6) is -0.546. The summed E-state index contributed by atoms with van der Waals surface area (Å²) in [5.41, 5.74) is 1.63. The molecular weight excluding hydrogens is 438 g/mol. The molecule has 4 aromatic rings. The van der Waals surface area contributed by atoms with Crippen LogP contribution in [0.15, 0.2) is 78.0 Å². The van der Waals surface area contributed by atoms with Gasteiger partial charge >= 0.3 is 0 Å². The van der Waals surface area contributed by atoms with Gasteiger partial charge in [-0.1, -0.05) is 45.0 Å². The van der Waals surface area contributed by atoms with Gasteiger partial charge in [0.05, 0.1) is 12.8 Å². The van der Waals surface area contributed by atoms with E-state index >= 15 is 0 Å². The van der Waals surface area contributed by atoms with Crippen molar-refractivity contribution in [3.8, 4) is 11.4 Å². The molecule has 0 radical (unpaired) electrons. The molecule has 8 heteroatoms. The highest BCUT2D eigenvalue weighted by Crippen LogP contribution is 2.31. The van der Waals surface area contributed by atoms with Crippen molar-refractivity contribution in [1.29, 1.82) is 0 Å². The van der Waals surface area contributed by atoms with Gasteiger partial charge < -0.3 is 4.74 Å². The first-order valence-corrected chi connectivity index (χ1v) is 11.9. The predicted molar refractivity (Wildman–Crippen MR) is 127 cm³/mol. The summed E-state index contributed by atoms with van der Waals surface area (Å²) in [5, 5.41) is 5.94. The number of nitrogens with zero attached hydrogens (tertiary/aromatic N) is 2. The maximum atomic E-state index is 13.1. The fraction of sp³-hybridized carbons (Fsp3) is 0.200. The lowest BCUT2D eigenvalue weighted by molar-refractivity contribution is 0.0981. The van der Waals surface area contributed by atoms with Gasteiger partial charge in [0.1, 0.15) is 10.6 Å². The Morgan fingerprint density at radius 1 is 1.03 bits per heavy atom. The van der Waals surface area contributed by atoms with E-state index in [0.717, 1.165) is 22.0 Å². The molecule has 1 heterocycles. The van der Waals surface area contributed by atoms with Gasteiger partial charge in [0.2, 0.25) is 0 Å². The molecule has 0 aliphatic rings. The lowest BCUT2D eigenvalue weighted by Crippen LogP contribution is -2.31. The number of aromatic nitrogens is 2. The van der Waals surface area contributed by atoms with Crippen molar-refractivity contribution in [1.82, 2.24) is 14.5 Å². The summed E-state index contributed by atoms with van der Waals surface area (Å²) >= 11 is 0. The second-order valence-electron chi connectivity index (χ2n) is 8.71. The van der Waals surface area contributed by atoms with E-state index in [2.05, 4.69) is 9.82 Å².